The zero-order chi connectivity index (χ0) is 9.57. The van der Waals surface area contributed by atoms with Gasteiger partial charge in [0.25, 0.3) is 5.92 Å². The molecule has 0 N–H and O–H groups in total. The van der Waals surface area contributed by atoms with E-state index in [-0.39, 0.29) is 5.41 Å². The second-order valence-corrected chi connectivity index (χ2v) is 4.56. The first-order valence-electron chi connectivity index (χ1n) is 4.36. The number of halogens is 2. The van der Waals surface area contributed by atoms with Crippen molar-refractivity contribution in [1.82, 2.24) is 0 Å². The Morgan fingerprint density at radius 1 is 1.42 bits per heavy atom. The zero-order valence-electron chi connectivity index (χ0n) is 8.12. The summed E-state index contributed by atoms with van der Waals surface area (Å²) in [7, 11) is 0. The predicted octanol–water partition coefficient (Wildman–Crippen LogP) is 3.63. The van der Waals surface area contributed by atoms with E-state index in [9.17, 15) is 8.78 Å². The Labute approximate surface area is 72.7 Å². The van der Waals surface area contributed by atoms with E-state index in [2.05, 4.69) is 0 Å². The SMILES string of the molecule is CC(C)C(F)(F)/C=C1/CC1(C)C. The van der Waals surface area contributed by atoms with Gasteiger partial charge in [0.1, 0.15) is 0 Å². The van der Waals surface area contributed by atoms with Gasteiger partial charge < -0.3 is 0 Å². The van der Waals surface area contributed by atoms with Gasteiger partial charge in [-0.2, -0.15) is 0 Å². The van der Waals surface area contributed by atoms with E-state index >= 15 is 0 Å². The second kappa shape index (κ2) is 2.54. The highest BCUT2D eigenvalue weighted by Gasteiger charge is 2.43. The van der Waals surface area contributed by atoms with E-state index in [4.69, 9.17) is 0 Å². The average Bonchev–Trinajstić information content (AvgIpc) is 2.37. The molecule has 0 saturated heterocycles. The van der Waals surface area contributed by atoms with Crippen LogP contribution in [0, 0.1) is 11.3 Å². The Balaban J connectivity index is 2.69. The summed E-state index contributed by atoms with van der Waals surface area (Å²) >= 11 is 0. The van der Waals surface area contributed by atoms with Crippen molar-refractivity contribution in [2.45, 2.75) is 40.0 Å². The number of alkyl halides is 2. The summed E-state index contributed by atoms with van der Waals surface area (Å²) in [5.74, 6) is -3.22. The first-order valence-corrected chi connectivity index (χ1v) is 4.36. The summed E-state index contributed by atoms with van der Waals surface area (Å²) in [6, 6.07) is 0. The molecule has 0 unspecified atom stereocenters. The van der Waals surface area contributed by atoms with Crippen LogP contribution in [0.4, 0.5) is 8.78 Å². The van der Waals surface area contributed by atoms with E-state index < -0.39 is 11.8 Å². The van der Waals surface area contributed by atoms with Crippen LogP contribution in [0.1, 0.15) is 34.1 Å². The lowest BCUT2D eigenvalue weighted by Crippen LogP contribution is -2.20. The topological polar surface area (TPSA) is 0 Å². The van der Waals surface area contributed by atoms with Gasteiger partial charge >= 0.3 is 0 Å². The molecule has 0 bridgehead atoms. The predicted molar refractivity (Wildman–Crippen MR) is 46.3 cm³/mol. The molecule has 0 nitrogen and oxygen atoms in total. The van der Waals surface area contributed by atoms with Crippen molar-refractivity contribution >= 4 is 0 Å². The van der Waals surface area contributed by atoms with Gasteiger partial charge in [-0.15, -0.1) is 0 Å². The van der Waals surface area contributed by atoms with E-state index in [0.29, 0.717) is 0 Å². The summed E-state index contributed by atoms with van der Waals surface area (Å²) in [4.78, 5) is 0. The maximum atomic E-state index is 13.1. The molecule has 0 spiro atoms. The normalized spacial score (nSPS) is 25.1. The molecule has 0 aromatic rings. The van der Waals surface area contributed by atoms with Crippen LogP contribution in [0.5, 0.6) is 0 Å². The quantitative estimate of drug-likeness (QED) is 0.561. The first kappa shape index (κ1) is 9.69. The fourth-order valence-electron chi connectivity index (χ4n) is 1.08. The molecule has 0 aromatic carbocycles. The van der Waals surface area contributed by atoms with Crippen molar-refractivity contribution in [3.05, 3.63) is 11.6 Å². The number of rotatable bonds is 2. The minimum Gasteiger partial charge on any atom is -0.202 e. The molecule has 1 aliphatic rings. The lowest BCUT2D eigenvalue weighted by molar-refractivity contribution is 0.00570. The fourth-order valence-corrected chi connectivity index (χ4v) is 1.08. The van der Waals surface area contributed by atoms with Crippen molar-refractivity contribution in [2.75, 3.05) is 0 Å². The summed E-state index contributed by atoms with van der Waals surface area (Å²) in [5.41, 5.74) is 0.944. The van der Waals surface area contributed by atoms with Crippen LogP contribution in [0.15, 0.2) is 11.6 Å². The highest BCUT2D eigenvalue weighted by molar-refractivity contribution is 5.31. The van der Waals surface area contributed by atoms with Crippen LogP contribution in [0.2, 0.25) is 0 Å². The Morgan fingerprint density at radius 3 is 2.08 bits per heavy atom. The maximum Gasteiger partial charge on any atom is 0.268 e. The molecule has 0 heterocycles. The smallest absolute Gasteiger partial charge is 0.202 e. The molecular weight excluding hydrogens is 158 g/mol. The monoisotopic (exact) mass is 174 g/mol. The molecule has 0 atom stereocenters. The van der Waals surface area contributed by atoms with Crippen LogP contribution in [0.25, 0.3) is 0 Å². The van der Waals surface area contributed by atoms with E-state index in [0.717, 1.165) is 18.1 Å². The van der Waals surface area contributed by atoms with Crippen LogP contribution >= 0.6 is 0 Å². The number of hydrogen-bond donors (Lipinski definition) is 0. The minimum atomic E-state index is -2.62. The van der Waals surface area contributed by atoms with Crippen LogP contribution in [-0.2, 0) is 0 Å². The standard InChI is InChI=1S/C10H16F2/c1-7(2)10(11,12)6-8-5-9(8,3)4/h6-7H,5H2,1-4H3/b8-6-. The Morgan fingerprint density at radius 2 is 1.83 bits per heavy atom. The van der Waals surface area contributed by atoms with Crippen molar-refractivity contribution in [3.8, 4) is 0 Å². The summed E-state index contributed by atoms with van der Waals surface area (Å²) in [5, 5.41) is 0. The van der Waals surface area contributed by atoms with Crippen molar-refractivity contribution in [2.24, 2.45) is 11.3 Å². The number of hydrogen-bond acceptors (Lipinski definition) is 0. The molecule has 0 aromatic heterocycles. The molecule has 1 saturated carbocycles. The molecule has 1 aliphatic carbocycles. The second-order valence-electron chi connectivity index (χ2n) is 4.56. The van der Waals surface area contributed by atoms with Gasteiger partial charge in [-0.3, -0.25) is 0 Å². The molecule has 1 rings (SSSR count). The maximum absolute atomic E-state index is 13.1. The minimum absolute atomic E-state index is 0.0400. The van der Waals surface area contributed by atoms with E-state index in [1.165, 1.54) is 0 Å². The first-order chi connectivity index (χ1) is 5.26. The molecule has 70 valence electrons. The molecule has 0 radical (unpaired) electrons. The highest BCUT2D eigenvalue weighted by atomic mass is 19.3. The van der Waals surface area contributed by atoms with Crippen molar-refractivity contribution in [3.63, 3.8) is 0 Å². The average molecular weight is 174 g/mol. The van der Waals surface area contributed by atoms with E-state index in [1.54, 1.807) is 13.8 Å². The summed E-state index contributed by atoms with van der Waals surface area (Å²) < 4.78 is 26.2. The molecule has 2 heteroatoms. The molecule has 0 aliphatic heterocycles. The Hall–Kier alpha value is -0.400. The van der Waals surface area contributed by atoms with Gasteiger partial charge in [0.05, 0.1) is 0 Å². The third-order valence-corrected chi connectivity index (χ3v) is 2.51. The van der Waals surface area contributed by atoms with Crippen LogP contribution in [0.3, 0.4) is 0 Å². The Kier molecular flexibility index (Phi) is 2.05. The molecular formula is C10H16F2. The largest absolute Gasteiger partial charge is 0.268 e. The lowest BCUT2D eigenvalue weighted by atomic mass is 10.0. The van der Waals surface area contributed by atoms with Gasteiger partial charge in [-0.25, -0.2) is 8.78 Å². The third kappa shape index (κ3) is 1.85. The Bertz CT molecular complexity index is 212. The number of allylic oxidation sites excluding steroid dienone is 2. The molecule has 1 fully saturated rings. The summed E-state index contributed by atoms with van der Waals surface area (Å²) in [6.45, 7) is 7.09. The van der Waals surface area contributed by atoms with Crippen LogP contribution < -0.4 is 0 Å². The van der Waals surface area contributed by atoms with Gasteiger partial charge in [-0.1, -0.05) is 33.3 Å². The van der Waals surface area contributed by atoms with E-state index in [1.807, 2.05) is 13.8 Å². The van der Waals surface area contributed by atoms with Crippen LogP contribution in [-0.4, -0.2) is 5.92 Å². The fraction of sp³-hybridized carbons (Fsp3) is 0.800. The van der Waals surface area contributed by atoms with Gasteiger partial charge in [0.15, 0.2) is 0 Å². The molecule has 0 amide bonds. The third-order valence-electron chi connectivity index (χ3n) is 2.51. The van der Waals surface area contributed by atoms with Gasteiger partial charge in [0.2, 0.25) is 0 Å². The zero-order valence-corrected chi connectivity index (χ0v) is 8.12. The van der Waals surface area contributed by atoms with Crippen molar-refractivity contribution in [1.29, 1.82) is 0 Å². The molecule has 12 heavy (non-hydrogen) atoms. The van der Waals surface area contributed by atoms with Gasteiger partial charge in [0, 0.05) is 5.92 Å². The summed E-state index contributed by atoms with van der Waals surface area (Å²) in [6.07, 6.45) is 1.98. The lowest BCUT2D eigenvalue weighted by Gasteiger charge is -2.15. The highest BCUT2D eigenvalue weighted by Crippen LogP contribution is 2.52. The van der Waals surface area contributed by atoms with Gasteiger partial charge in [-0.05, 0) is 17.9 Å². The van der Waals surface area contributed by atoms with Crippen molar-refractivity contribution < 1.29 is 8.78 Å².